The largest absolute Gasteiger partial charge is 0.477 e. The van der Waals surface area contributed by atoms with Crippen LogP contribution in [0.3, 0.4) is 0 Å². The van der Waals surface area contributed by atoms with E-state index in [4.69, 9.17) is 55.4 Å². The van der Waals surface area contributed by atoms with E-state index in [1.807, 2.05) is 102 Å². The molecule has 1 saturated carbocycles. The number of primary amides is 1. The molecule has 10 aromatic heterocycles. The number of nitrogens with one attached hydrogen (secondary N) is 7. The number of carboxylic acid groups (broad SMARTS) is 1. The molecule has 10 heterocycles. The number of carbonyl (C=O) groups is 3. The van der Waals surface area contributed by atoms with Crippen molar-refractivity contribution in [3.8, 4) is 0 Å². The quantitative estimate of drug-likeness (QED) is 0.0518. The first kappa shape index (κ1) is 118. The lowest BCUT2D eigenvalue weighted by Crippen LogP contribution is -2.35. The molecule has 0 aliphatic heterocycles. The number of hydrogen-bond acceptors (Lipinski definition) is 17. The van der Waals surface area contributed by atoms with Crippen molar-refractivity contribution in [3.63, 3.8) is 0 Å². The minimum Gasteiger partial charge on any atom is -0.477 e. The fourth-order valence-corrected chi connectivity index (χ4v) is 19.1. The van der Waals surface area contributed by atoms with Crippen molar-refractivity contribution in [1.29, 1.82) is 0 Å². The number of amides is 1. The topological polar surface area (TPSA) is 390 Å². The molecule has 19 rings (SSSR count). The zero-order valence-electron chi connectivity index (χ0n) is 90.3. The highest BCUT2D eigenvalue weighted by Gasteiger charge is 2.26. The molecule has 10 N–H and O–H groups in total. The zero-order valence-corrected chi connectivity index (χ0v) is 94.2. The number of nitrogens with two attached hydrogens (primary N) is 1. The molecule has 150 heavy (non-hydrogen) atoms. The Morgan fingerprint density at radius 3 is 1.49 bits per heavy atom. The van der Waals surface area contributed by atoms with E-state index < -0.39 is 29.0 Å². The molecule has 0 bridgehead atoms. The Morgan fingerprint density at radius 2 is 0.953 bits per heavy atom. The minimum absolute atomic E-state index is 0.0500. The summed E-state index contributed by atoms with van der Waals surface area (Å²) in [4.78, 5) is 136. The maximum absolute atomic E-state index is 14.1. The van der Waals surface area contributed by atoms with E-state index in [1.165, 1.54) is 142 Å². The van der Waals surface area contributed by atoms with Gasteiger partial charge in [0, 0.05) is 56.4 Å². The fourth-order valence-electron chi connectivity index (χ4n) is 16.5. The number of aromatic amines is 7. The third-order valence-electron chi connectivity index (χ3n) is 24.9. The van der Waals surface area contributed by atoms with Gasteiger partial charge in [-0.2, -0.15) is 9.67 Å². The molecule has 796 valence electrons. The van der Waals surface area contributed by atoms with Gasteiger partial charge in [-0.15, -0.1) is 22.7 Å². The highest BCUT2D eigenvalue weighted by molar-refractivity contribution is 7.14. The summed E-state index contributed by atoms with van der Waals surface area (Å²) in [5.74, 6) is 3.89. The normalized spacial score (nSPS) is 12.1. The third kappa shape index (κ3) is 31.6. The second kappa shape index (κ2) is 52.3. The van der Waals surface area contributed by atoms with Crippen LogP contribution in [0.1, 0.15) is 353 Å². The molecular weight excluding hydrogens is 2000 g/mol. The molecule has 8 aromatic carbocycles. The van der Waals surface area contributed by atoms with Gasteiger partial charge < -0.3 is 50.5 Å². The number of nitrogens with zero attached hydrogens (tertiary/aromatic N) is 8. The lowest BCUT2D eigenvalue weighted by Gasteiger charge is -2.20. The predicted molar refractivity (Wildman–Crippen MR) is 609 cm³/mol. The molecule has 0 atom stereocenters. The number of hydrogen-bond donors (Lipinski definition) is 9. The van der Waals surface area contributed by atoms with Gasteiger partial charge in [-0.1, -0.05) is 199 Å². The Labute approximate surface area is 893 Å². The van der Waals surface area contributed by atoms with Gasteiger partial charge in [0.25, 0.3) is 22.6 Å². The summed E-state index contributed by atoms with van der Waals surface area (Å²) in [5, 5.41) is 18.3. The SMILES string of the molecule is CC(C)c1cc2[nH]c(=O)[nH]c2cc1Cl.CC(C)c1cc2[nH]c(Cl)nc2cc1Cl.CC(C)c1cc2c(=O)[nH]cnc2cc1F.CC(C)c1cc2ccc(=O)[nH]c2cc1F.CC(C)c1ccc(C(=O)O)s1.CC(C)c1ccc(C(N)=O)s1.CC(C)c1ccc2nc(C3CCCCC3)[nH]c2c1.Cc1nc2cc(F)c(C(C)C)cc2c(=O)n1C(=O)OC(C)(C)C.Cc1nc2ccc(C(C)C)cc2c(=O)[nH]1.Cc1nn(C)c2ccc(C(C)C)cc12. The monoisotopic (exact) mass is 2140 g/mol. The Kier molecular flexibility index (Phi) is 41.3. The van der Waals surface area contributed by atoms with E-state index in [-0.39, 0.29) is 74.4 Å². The summed E-state index contributed by atoms with van der Waals surface area (Å²) in [6.45, 7) is 51.6. The van der Waals surface area contributed by atoms with Gasteiger partial charge >= 0.3 is 17.8 Å². The smallest absolute Gasteiger partial charge is 0.422 e. The minimum atomic E-state index is -0.832. The molecule has 1 fully saturated rings. The number of ether oxygens (including phenoxy) is 1. The van der Waals surface area contributed by atoms with Crippen molar-refractivity contribution in [2.24, 2.45) is 12.8 Å². The predicted octanol–water partition coefficient (Wildman–Crippen LogP) is 30.0. The lowest BCUT2D eigenvalue weighted by atomic mass is 9.89. The first-order valence-corrected chi connectivity index (χ1v) is 53.1. The highest BCUT2D eigenvalue weighted by Crippen LogP contribution is 2.37. The van der Waals surface area contributed by atoms with Gasteiger partial charge in [0.05, 0.1) is 93.7 Å². The number of fused-ring (bicyclic) bond motifs is 8. The number of aromatic carboxylic acids is 1. The number of benzene rings is 8. The van der Waals surface area contributed by atoms with Gasteiger partial charge in [-0.25, -0.2) is 52.5 Å². The zero-order chi connectivity index (χ0) is 111. The molecular formula is C116H138Cl3F3N16O10S2. The van der Waals surface area contributed by atoms with Gasteiger partial charge in [0.2, 0.25) is 10.8 Å². The van der Waals surface area contributed by atoms with Crippen LogP contribution >= 0.6 is 57.5 Å². The Morgan fingerprint density at radius 1 is 0.453 bits per heavy atom. The van der Waals surface area contributed by atoms with E-state index in [2.05, 4.69) is 200 Å². The standard InChI is InChI=1S/C17H21FN2O3.C16H22N2.C12H12FNO.C12H14N2O.C12H16N2.C11H11FN2O.C10H10Cl2N2.C10H11ClN2O.C8H11NOS.C8H10O2S/c1-9(2)11-7-12-14(8-13(11)18)19-10(3)20(15(12)21)16(22)23-17(4,5)6;1-11(2)13-8-9-14-15(10-13)18-16(17-14)12-6-4-3-5-7-12;1-7(2)9-5-8-3-4-12(15)14-11(8)6-10(9)13;1-7(2)9-4-5-11-10(6-9)12(15)14-8(3)13-11;1-8(2)10-5-6-12-11(7-10)9(3)13-14(12)4;1-6(2)7-3-8-10(4-9(7)12)13-5-14-11(8)15;1-5(2)6-3-8-9(4-7(6)11)14-10(12)13-8;1-5(2)6-3-8-9(4-7(6)11)13-10(14)12-8;2*1-5(2)6-3-4-7(11-6)8(9)10/h7-9H,1-6H3;8-12H,3-7H2,1-2H3,(H,17,18);3-7H,1-2H3,(H,14,15);4-7H,1-3H3,(H,13,14,15);5-8H,1-4H3;3-6H,1-2H3,(H,13,14,15);3-5H,1-2H3,(H,13,14);3-5H,1-2H3,(H2,12,13,14);3-5H,1-2H3,(H2,9,10);3-5H,1-2H3,(H,9,10). The van der Waals surface area contributed by atoms with Gasteiger partial charge in [-0.05, 0) is 290 Å². The molecule has 0 radical (unpaired) electrons. The van der Waals surface area contributed by atoms with E-state index in [0.717, 1.165) is 69.8 Å². The van der Waals surface area contributed by atoms with Gasteiger partial charge in [0.15, 0.2) is 0 Å². The number of halogens is 6. The lowest BCUT2D eigenvalue weighted by molar-refractivity contribution is 0.0525. The van der Waals surface area contributed by atoms with Crippen LogP contribution < -0.4 is 33.7 Å². The molecule has 34 heteroatoms. The van der Waals surface area contributed by atoms with E-state index in [1.54, 1.807) is 64.1 Å². The number of rotatable bonds is 13. The maximum atomic E-state index is 14.1. The summed E-state index contributed by atoms with van der Waals surface area (Å²) >= 11 is 20.8. The third-order valence-corrected chi connectivity index (χ3v) is 28.5. The molecule has 0 spiro atoms. The van der Waals surface area contributed by atoms with Crippen molar-refractivity contribution in [2.45, 2.75) is 283 Å². The Bertz CT molecular complexity index is 8080. The van der Waals surface area contributed by atoms with Crippen LogP contribution in [0.25, 0.3) is 87.6 Å². The molecule has 1 aliphatic rings. The molecule has 18 aromatic rings. The van der Waals surface area contributed by atoms with Crippen LogP contribution in [0.15, 0.2) is 182 Å². The second-order valence-electron chi connectivity index (χ2n) is 41.3. The van der Waals surface area contributed by atoms with Crippen LogP contribution in [0.4, 0.5) is 18.0 Å². The first-order chi connectivity index (χ1) is 70.5. The highest BCUT2D eigenvalue weighted by atomic mass is 35.5. The molecule has 1 amide bonds. The molecule has 0 unspecified atom stereocenters. The summed E-state index contributed by atoms with van der Waals surface area (Å²) in [6, 6.07) is 45.8. The van der Waals surface area contributed by atoms with E-state index >= 15 is 0 Å². The average Bonchev–Trinajstić information content (AvgIpc) is 1.63. The number of thiophene rings is 2. The number of aryl methyl sites for hydroxylation is 4. The van der Waals surface area contributed by atoms with Crippen molar-refractivity contribution in [2.75, 3.05) is 0 Å². The van der Waals surface area contributed by atoms with Crippen LogP contribution in [0.2, 0.25) is 15.3 Å². The summed E-state index contributed by atoms with van der Waals surface area (Å²) in [6.07, 6.45) is 7.21. The van der Waals surface area contributed by atoms with E-state index in [0.29, 0.717) is 112 Å². The van der Waals surface area contributed by atoms with Crippen LogP contribution in [0.5, 0.6) is 0 Å². The molecule has 26 nitrogen and oxygen atoms in total. The number of pyridine rings is 1. The second-order valence-corrected chi connectivity index (χ2v) is 44.7. The summed E-state index contributed by atoms with van der Waals surface area (Å²) in [7, 11) is 1.99. The summed E-state index contributed by atoms with van der Waals surface area (Å²) in [5.41, 5.74) is 20.8. The van der Waals surface area contributed by atoms with Crippen LogP contribution in [-0.4, -0.2) is 103 Å². The van der Waals surface area contributed by atoms with Gasteiger partial charge in [-0.3, -0.25) is 28.7 Å². The van der Waals surface area contributed by atoms with Crippen molar-refractivity contribution >= 4 is 163 Å². The Balaban J connectivity index is 0.000000171. The molecule has 1 aliphatic carbocycles. The number of carbonyl (C=O) groups excluding carboxylic acids is 2. The number of carboxylic acids is 1. The van der Waals surface area contributed by atoms with Crippen LogP contribution in [0, 0.1) is 38.2 Å². The van der Waals surface area contributed by atoms with Crippen molar-refractivity contribution < 1.29 is 37.4 Å². The number of H-pyrrole nitrogens is 7. The van der Waals surface area contributed by atoms with Crippen molar-refractivity contribution in [3.05, 3.63) is 330 Å². The first-order valence-electron chi connectivity index (χ1n) is 50.3. The fraction of sp³-hybridized carbons (Fsp3) is 0.379. The average molecular weight is 2140 g/mol. The molecule has 0 saturated heterocycles. The maximum Gasteiger partial charge on any atom is 0.422 e. The van der Waals surface area contributed by atoms with Crippen molar-refractivity contribution in [1.82, 2.24) is 74.2 Å². The number of imidazole rings is 3. The van der Waals surface area contributed by atoms with Crippen LogP contribution in [-0.2, 0) is 11.8 Å². The van der Waals surface area contributed by atoms with E-state index in [9.17, 15) is 51.5 Å². The van der Waals surface area contributed by atoms with Gasteiger partial charge in [0.1, 0.15) is 45.4 Å². The summed E-state index contributed by atoms with van der Waals surface area (Å²) < 4.78 is 49.3. The Hall–Kier alpha value is -13.5. The number of aromatic nitrogens is 15.